The molecular formula is C24H24N4O3S. The summed E-state index contributed by atoms with van der Waals surface area (Å²) in [6.07, 6.45) is 2.66. The molecule has 8 heteroatoms. The van der Waals surface area contributed by atoms with Gasteiger partial charge in [0.1, 0.15) is 28.4 Å². The molecule has 1 amide bonds. The van der Waals surface area contributed by atoms with E-state index >= 15 is 0 Å². The first-order chi connectivity index (χ1) is 15.5. The molecule has 2 aromatic carbocycles. The fourth-order valence-electron chi connectivity index (χ4n) is 3.99. The number of hydrogen-bond acceptors (Lipinski definition) is 7. The first-order valence-corrected chi connectivity index (χ1v) is 11.4. The van der Waals surface area contributed by atoms with E-state index in [1.807, 2.05) is 38.1 Å². The lowest BCUT2D eigenvalue weighted by Crippen LogP contribution is -2.32. The Kier molecular flexibility index (Phi) is 6.49. The number of carbonyl (C=O) groups is 1. The van der Waals surface area contributed by atoms with E-state index in [1.54, 1.807) is 12.1 Å². The third-order valence-corrected chi connectivity index (χ3v) is 6.36. The van der Waals surface area contributed by atoms with Crippen molar-refractivity contribution in [2.75, 3.05) is 6.61 Å². The molecule has 164 valence electrons. The van der Waals surface area contributed by atoms with Gasteiger partial charge >= 0.3 is 0 Å². The topological polar surface area (TPSA) is 108 Å². The van der Waals surface area contributed by atoms with Crippen LogP contribution in [0.15, 0.2) is 36.4 Å². The summed E-state index contributed by atoms with van der Waals surface area (Å²) < 4.78 is 5.71. The van der Waals surface area contributed by atoms with Crippen LogP contribution in [0.4, 0.5) is 0 Å². The van der Waals surface area contributed by atoms with Crippen molar-refractivity contribution in [3.05, 3.63) is 53.1 Å². The average molecular weight is 449 g/mol. The number of nitrogens with one attached hydrogen (secondary N) is 1. The number of nitriles is 1. The minimum absolute atomic E-state index is 0.0173. The molecule has 0 fully saturated rings. The second-order valence-electron chi connectivity index (χ2n) is 7.95. The van der Waals surface area contributed by atoms with E-state index in [0.29, 0.717) is 11.3 Å². The summed E-state index contributed by atoms with van der Waals surface area (Å²) in [4.78, 5) is 11.7. The second-order valence-corrected chi connectivity index (χ2v) is 8.92. The highest BCUT2D eigenvalue weighted by molar-refractivity contribution is 7.17. The van der Waals surface area contributed by atoms with E-state index in [2.05, 4.69) is 21.6 Å². The Labute approximate surface area is 190 Å². The predicted molar refractivity (Wildman–Crippen MR) is 122 cm³/mol. The lowest BCUT2D eigenvalue weighted by Gasteiger charge is -2.27. The third kappa shape index (κ3) is 4.49. The summed E-state index contributed by atoms with van der Waals surface area (Å²) >= 11 is 1.47. The second kappa shape index (κ2) is 9.47. The molecule has 1 atom stereocenters. The maximum Gasteiger partial charge on any atom is 0.246 e. The minimum Gasteiger partial charge on any atom is -0.490 e. The zero-order chi connectivity index (χ0) is 22.7. The Bertz CT molecular complexity index is 1180. The highest BCUT2D eigenvalue weighted by Gasteiger charge is 2.25. The molecule has 4 rings (SSSR count). The number of nitrogens with zero attached hydrogens (tertiary/aromatic N) is 3. The van der Waals surface area contributed by atoms with Gasteiger partial charge in [-0.15, -0.1) is 10.2 Å². The van der Waals surface area contributed by atoms with Gasteiger partial charge in [-0.3, -0.25) is 4.79 Å². The minimum atomic E-state index is -0.517. The molecule has 0 spiro atoms. The number of aromatic nitrogens is 2. The van der Waals surface area contributed by atoms with Crippen LogP contribution in [-0.4, -0.2) is 33.9 Å². The van der Waals surface area contributed by atoms with Crippen LogP contribution in [0.3, 0.4) is 0 Å². The molecule has 2 N–H and O–H groups in total. The fraction of sp³-hybridized carbons (Fsp3) is 0.333. The van der Waals surface area contributed by atoms with Gasteiger partial charge in [-0.25, -0.2) is 0 Å². The maximum atomic E-state index is 11.7. The third-order valence-electron chi connectivity index (χ3n) is 5.35. The summed E-state index contributed by atoms with van der Waals surface area (Å²) in [5.41, 5.74) is 4.51. The first kappa shape index (κ1) is 21.9. The molecule has 1 unspecified atom stereocenters. The molecule has 1 heterocycles. The quantitative estimate of drug-likeness (QED) is 0.590. The Morgan fingerprint density at radius 1 is 1.31 bits per heavy atom. The van der Waals surface area contributed by atoms with Crippen LogP contribution in [0.25, 0.3) is 21.1 Å². The standard InChI is InChI=1S/C24H24N4O3S/c1-14(2)31-21-10-9-15(11-16(21)12-25)23-27-28-24(32-23)19-7-3-6-18-17(19)5-4-8-20(18)26-22(30)13-29/h3,6-7,9-11,14,20,29H,4-5,8,13H2,1-2H3,(H,26,30). The largest absolute Gasteiger partial charge is 0.490 e. The van der Waals surface area contributed by atoms with Crippen LogP contribution in [0.1, 0.15) is 49.4 Å². The van der Waals surface area contributed by atoms with Crippen molar-refractivity contribution >= 4 is 17.2 Å². The van der Waals surface area contributed by atoms with Gasteiger partial charge in [-0.1, -0.05) is 29.5 Å². The van der Waals surface area contributed by atoms with E-state index < -0.39 is 6.61 Å². The van der Waals surface area contributed by atoms with Crippen molar-refractivity contribution in [2.45, 2.75) is 45.3 Å². The molecular weight excluding hydrogens is 424 g/mol. The molecule has 7 nitrogen and oxygen atoms in total. The summed E-state index contributed by atoms with van der Waals surface area (Å²) in [6.45, 7) is 3.33. The molecule has 32 heavy (non-hydrogen) atoms. The number of carbonyl (C=O) groups excluding carboxylic acids is 1. The van der Waals surface area contributed by atoms with Crippen LogP contribution >= 0.6 is 11.3 Å². The number of amides is 1. The number of aliphatic hydroxyl groups excluding tert-OH is 1. The molecule has 0 radical (unpaired) electrons. The molecule has 0 bridgehead atoms. The van der Waals surface area contributed by atoms with E-state index in [4.69, 9.17) is 9.84 Å². The van der Waals surface area contributed by atoms with Gasteiger partial charge in [0.2, 0.25) is 5.91 Å². The SMILES string of the molecule is CC(C)Oc1ccc(-c2nnc(-c3cccc4c3CCCC4NC(=O)CO)s2)cc1C#N. The highest BCUT2D eigenvalue weighted by Crippen LogP contribution is 2.39. The Balaban J connectivity index is 1.66. The van der Waals surface area contributed by atoms with Crippen LogP contribution in [0.2, 0.25) is 0 Å². The predicted octanol–water partition coefficient (Wildman–Crippen LogP) is 4.02. The summed E-state index contributed by atoms with van der Waals surface area (Å²) in [7, 11) is 0. The number of hydrogen-bond donors (Lipinski definition) is 2. The van der Waals surface area contributed by atoms with Gasteiger partial charge in [0, 0.05) is 11.1 Å². The van der Waals surface area contributed by atoms with Crippen LogP contribution in [0, 0.1) is 11.3 Å². The van der Waals surface area contributed by atoms with Crippen LogP contribution < -0.4 is 10.1 Å². The lowest BCUT2D eigenvalue weighted by atomic mass is 9.85. The molecule has 0 saturated carbocycles. The van der Waals surface area contributed by atoms with Crippen LogP contribution in [-0.2, 0) is 11.2 Å². The molecule has 1 aromatic heterocycles. The number of rotatable bonds is 6. The number of ether oxygens (including phenoxy) is 1. The van der Waals surface area contributed by atoms with E-state index in [1.165, 1.54) is 11.3 Å². The van der Waals surface area contributed by atoms with E-state index in [0.717, 1.165) is 51.5 Å². The summed E-state index contributed by atoms with van der Waals surface area (Å²) in [6, 6.07) is 13.6. The van der Waals surface area contributed by atoms with Crippen molar-refractivity contribution in [3.8, 4) is 33.0 Å². The van der Waals surface area contributed by atoms with Crippen molar-refractivity contribution in [1.29, 1.82) is 5.26 Å². The molecule has 3 aromatic rings. The zero-order valence-corrected chi connectivity index (χ0v) is 18.8. The number of fused-ring (bicyclic) bond motifs is 1. The van der Waals surface area contributed by atoms with Crippen molar-refractivity contribution in [2.24, 2.45) is 0 Å². The normalized spacial score (nSPS) is 15.2. The molecule has 0 aliphatic heterocycles. The zero-order valence-electron chi connectivity index (χ0n) is 18.0. The summed E-state index contributed by atoms with van der Waals surface area (Å²) in [5, 5.41) is 31.8. The van der Waals surface area contributed by atoms with Gasteiger partial charge in [0.15, 0.2) is 0 Å². The Morgan fingerprint density at radius 3 is 2.88 bits per heavy atom. The monoisotopic (exact) mass is 448 g/mol. The first-order valence-electron chi connectivity index (χ1n) is 10.6. The average Bonchev–Trinajstić information content (AvgIpc) is 3.29. The van der Waals surface area contributed by atoms with Gasteiger partial charge in [-0.05, 0) is 62.4 Å². The molecule has 1 aliphatic carbocycles. The fourth-order valence-corrected chi connectivity index (χ4v) is 4.89. The van der Waals surface area contributed by atoms with Gasteiger partial charge in [-0.2, -0.15) is 5.26 Å². The highest BCUT2D eigenvalue weighted by atomic mass is 32.1. The molecule has 0 saturated heterocycles. The van der Waals surface area contributed by atoms with Crippen molar-refractivity contribution < 1.29 is 14.6 Å². The summed E-state index contributed by atoms with van der Waals surface area (Å²) in [5.74, 6) is 0.189. The Morgan fingerprint density at radius 2 is 2.12 bits per heavy atom. The Hall–Kier alpha value is -3.28. The number of benzene rings is 2. The maximum absolute atomic E-state index is 11.7. The van der Waals surface area contributed by atoms with Crippen molar-refractivity contribution in [3.63, 3.8) is 0 Å². The van der Waals surface area contributed by atoms with Gasteiger partial charge < -0.3 is 15.2 Å². The number of aliphatic hydroxyl groups is 1. The van der Waals surface area contributed by atoms with Crippen molar-refractivity contribution in [1.82, 2.24) is 15.5 Å². The van der Waals surface area contributed by atoms with Crippen LogP contribution in [0.5, 0.6) is 5.75 Å². The van der Waals surface area contributed by atoms with Gasteiger partial charge in [0.25, 0.3) is 0 Å². The smallest absolute Gasteiger partial charge is 0.246 e. The van der Waals surface area contributed by atoms with E-state index in [-0.39, 0.29) is 18.1 Å². The molecule has 1 aliphatic rings. The van der Waals surface area contributed by atoms with E-state index in [9.17, 15) is 10.1 Å². The lowest BCUT2D eigenvalue weighted by molar-refractivity contribution is -0.124. The van der Waals surface area contributed by atoms with Gasteiger partial charge in [0.05, 0.1) is 17.7 Å².